The predicted octanol–water partition coefficient (Wildman–Crippen LogP) is 4.99. The van der Waals surface area contributed by atoms with Crippen molar-refractivity contribution in [2.24, 2.45) is 0 Å². The Kier molecular flexibility index (Phi) is 6.75. The zero-order valence-corrected chi connectivity index (χ0v) is 18.3. The molecule has 162 valence electrons. The number of para-hydroxylation sites is 1. The van der Waals surface area contributed by atoms with Crippen LogP contribution in [0.3, 0.4) is 0 Å². The summed E-state index contributed by atoms with van der Waals surface area (Å²) in [6.07, 6.45) is -0.0385. The summed E-state index contributed by atoms with van der Waals surface area (Å²) in [5, 5.41) is 0. The Bertz CT molecular complexity index is 1010. The summed E-state index contributed by atoms with van der Waals surface area (Å²) in [5.41, 5.74) is 4.63. The molecule has 1 aliphatic heterocycles. The lowest BCUT2D eigenvalue weighted by molar-refractivity contribution is 0.0445. The largest absolute Gasteiger partial charge is 0.496 e. The Hall–Kier alpha value is -3.02. The summed E-state index contributed by atoms with van der Waals surface area (Å²) >= 11 is 0. The van der Waals surface area contributed by atoms with Gasteiger partial charge in [-0.05, 0) is 34.9 Å². The van der Waals surface area contributed by atoms with Crippen LogP contribution in [0.4, 0.5) is 0 Å². The predicted molar refractivity (Wildman–Crippen MR) is 121 cm³/mol. The van der Waals surface area contributed by atoms with Gasteiger partial charge in [0.2, 0.25) is 0 Å². The van der Waals surface area contributed by atoms with Crippen LogP contribution in [0.1, 0.15) is 28.4 Å². The van der Waals surface area contributed by atoms with E-state index in [-0.39, 0.29) is 6.10 Å². The van der Waals surface area contributed by atoms with Gasteiger partial charge in [-0.3, -0.25) is 4.90 Å². The van der Waals surface area contributed by atoms with Crippen molar-refractivity contribution in [3.05, 3.63) is 89.0 Å². The highest BCUT2D eigenvalue weighted by Crippen LogP contribution is 2.39. The molecule has 0 saturated carbocycles. The molecule has 1 heterocycles. The molecule has 5 nitrogen and oxygen atoms in total. The molecule has 1 unspecified atom stereocenters. The SMILES string of the molecule is COc1ccccc1CN1Cc2cc(OC)c(OCc3ccccc3)cc2C(OC)C1. The molecule has 3 aromatic rings. The van der Waals surface area contributed by atoms with E-state index in [1.54, 1.807) is 21.3 Å². The lowest BCUT2D eigenvalue weighted by Crippen LogP contribution is -2.34. The number of hydrogen-bond acceptors (Lipinski definition) is 5. The van der Waals surface area contributed by atoms with E-state index in [1.165, 1.54) is 5.56 Å². The van der Waals surface area contributed by atoms with Gasteiger partial charge in [-0.2, -0.15) is 0 Å². The van der Waals surface area contributed by atoms with Crippen LogP contribution in [0.2, 0.25) is 0 Å². The van der Waals surface area contributed by atoms with Gasteiger partial charge < -0.3 is 18.9 Å². The summed E-state index contributed by atoms with van der Waals surface area (Å²) in [5.74, 6) is 2.39. The Morgan fingerprint density at radius 1 is 0.839 bits per heavy atom. The maximum atomic E-state index is 6.12. The molecule has 0 fully saturated rings. The maximum absolute atomic E-state index is 6.12. The van der Waals surface area contributed by atoms with E-state index < -0.39 is 0 Å². The minimum absolute atomic E-state index is 0.0385. The quantitative estimate of drug-likeness (QED) is 0.515. The number of hydrogen-bond donors (Lipinski definition) is 0. The zero-order chi connectivity index (χ0) is 21.6. The lowest BCUT2D eigenvalue weighted by atomic mass is 9.95. The first-order valence-corrected chi connectivity index (χ1v) is 10.5. The summed E-state index contributed by atoms with van der Waals surface area (Å²) in [6.45, 7) is 2.89. The van der Waals surface area contributed by atoms with Crippen molar-refractivity contribution in [2.75, 3.05) is 27.9 Å². The Morgan fingerprint density at radius 2 is 1.58 bits per heavy atom. The third-order valence-electron chi connectivity index (χ3n) is 5.70. The van der Waals surface area contributed by atoms with E-state index in [1.807, 2.05) is 36.4 Å². The van der Waals surface area contributed by atoms with Crippen molar-refractivity contribution >= 4 is 0 Å². The van der Waals surface area contributed by atoms with E-state index in [9.17, 15) is 0 Å². The molecule has 0 N–H and O–H groups in total. The monoisotopic (exact) mass is 419 g/mol. The number of fused-ring (bicyclic) bond motifs is 1. The number of rotatable bonds is 8. The van der Waals surface area contributed by atoms with Crippen LogP contribution in [0.25, 0.3) is 0 Å². The minimum Gasteiger partial charge on any atom is -0.496 e. The van der Waals surface area contributed by atoms with Gasteiger partial charge in [-0.1, -0.05) is 48.5 Å². The molecule has 31 heavy (non-hydrogen) atoms. The molecule has 0 radical (unpaired) electrons. The van der Waals surface area contributed by atoms with Gasteiger partial charge >= 0.3 is 0 Å². The van der Waals surface area contributed by atoms with E-state index in [2.05, 4.69) is 35.2 Å². The van der Waals surface area contributed by atoms with Crippen molar-refractivity contribution < 1.29 is 18.9 Å². The minimum atomic E-state index is -0.0385. The smallest absolute Gasteiger partial charge is 0.162 e. The van der Waals surface area contributed by atoms with Gasteiger partial charge in [0, 0.05) is 32.3 Å². The fourth-order valence-electron chi connectivity index (χ4n) is 4.10. The maximum Gasteiger partial charge on any atom is 0.162 e. The standard InChI is InChI=1S/C26H29NO4/c1-28-23-12-8-7-11-20(23)15-27-16-21-13-24(29-2)25(14-22(21)26(17-27)30-3)31-18-19-9-5-4-6-10-19/h4-14,26H,15-18H2,1-3H3. The van der Waals surface area contributed by atoms with Crippen molar-refractivity contribution in [2.45, 2.75) is 25.8 Å². The molecule has 0 saturated heterocycles. The normalized spacial score (nSPS) is 15.9. The summed E-state index contributed by atoms with van der Waals surface area (Å²) in [6, 6.07) is 22.4. The van der Waals surface area contributed by atoms with E-state index in [0.717, 1.165) is 53.6 Å². The first kappa shape index (κ1) is 21.2. The molecule has 0 amide bonds. The second-order valence-electron chi connectivity index (χ2n) is 7.68. The molecule has 1 aliphatic rings. The lowest BCUT2D eigenvalue weighted by Gasteiger charge is -2.34. The van der Waals surface area contributed by atoms with Crippen LogP contribution < -0.4 is 14.2 Å². The molecule has 0 bridgehead atoms. The van der Waals surface area contributed by atoms with Gasteiger partial charge in [0.25, 0.3) is 0 Å². The Morgan fingerprint density at radius 3 is 2.32 bits per heavy atom. The molecule has 0 aliphatic carbocycles. The van der Waals surface area contributed by atoms with Crippen molar-refractivity contribution in [3.63, 3.8) is 0 Å². The topological polar surface area (TPSA) is 40.2 Å². The van der Waals surface area contributed by atoms with E-state index in [0.29, 0.717) is 6.61 Å². The third kappa shape index (κ3) is 4.84. The number of benzene rings is 3. The summed E-state index contributed by atoms with van der Waals surface area (Å²) in [4.78, 5) is 2.37. The Balaban J connectivity index is 1.57. The Labute approximate surface area is 184 Å². The molecule has 4 rings (SSSR count). The third-order valence-corrected chi connectivity index (χ3v) is 5.70. The first-order chi connectivity index (χ1) is 15.2. The average Bonchev–Trinajstić information content (AvgIpc) is 2.82. The van der Waals surface area contributed by atoms with Crippen molar-refractivity contribution in [1.82, 2.24) is 4.90 Å². The zero-order valence-electron chi connectivity index (χ0n) is 18.3. The van der Waals surface area contributed by atoms with Gasteiger partial charge in [0.05, 0.1) is 20.3 Å². The van der Waals surface area contributed by atoms with Crippen LogP contribution in [-0.4, -0.2) is 32.8 Å². The molecule has 0 aromatic heterocycles. The van der Waals surface area contributed by atoms with Gasteiger partial charge in [-0.25, -0.2) is 0 Å². The fourth-order valence-corrected chi connectivity index (χ4v) is 4.10. The molecule has 1 atom stereocenters. The average molecular weight is 420 g/mol. The van der Waals surface area contributed by atoms with Crippen molar-refractivity contribution in [3.8, 4) is 17.2 Å². The molecule has 0 spiro atoms. The second kappa shape index (κ2) is 9.86. The van der Waals surface area contributed by atoms with Crippen LogP contribution in [0.15, 0.2) is 66.7 Å². The fraction of sp³-hybridized carbons (Fsp3) is 0.308. The molecule has 3 aromatic carbocycles. The highest BCUT2D eigenvalue weighted by Gasteiger charge is 2.28. The number of nitrogens with zero attached hydrogens (tertiary/aromatic N) is 1. The molecular formula is C26H29NO4. The summed E-state index contributed by atoms with van der Waals surface area (Å²) < 4.78 is 23.2. The highest BCUT2D eigenvalue weighted by molar-refractivity contribution is 5.49. The number of methoxy groups -OCH3 is 3. The van der Waals surface area contributed by atoms with Crippen LogP contribution >= 0.6 is 0 Å². The molecular weight excluding hydrogens is 390 g/mol. The summed E-state index contributed by atoms with van der Waals surface area (Å²) in [7, 11) is 5.15. The van der Waals surface area contributed by atoms with E-state index in [4.69, 9.17) is 18.9 Å². The number of ether oxygens (including phenoxy) is 4. The van der Waals surface area contributed by atoms with E-state index >= 15 is 0 Å². The van der Waals surface area contributed by atoms with Crippen LogP contribution in [-0.2, 0) is 24.4 Å². The highest BCUT2D eigenvalue weighted by atomic mass is 16.5. The molecule has 5 heteroatoms. The van der Waals surface area contributed by atoms with Gasteiger partial charge in [-0.15, -0.1) is 0 Å². The van der Waals surface area contributed by atoms with Crippen LogP contribution in [0.5, 0.6) is 17.2 Å². The van der Waals surface area contributed by atoms with Crippen LogP contribution in [0, 0.1) is 0 Å². The first-order valence-electron chi connectivity index (χ1n) is 10.5. The van der Waals surface area contributed by atoms with Gasteiger partial charge in [0.1, 0.15) is 12.4 Å². The van der Waals surface area contributed by atoms with Crippen molar-refractivity contribution in [1.29, 1.82) is 0 Å². The second-order valence-corrected chi connectivity index (χ2v) is 7.68. The van der Waals surface area contributed by atoms with Gasteiger partial charge in [0.15, 0.2) is 11.5 Å².